The SMILES string of the molecule is CN1C(=O)c2ccc(NC(=O)[C@H]3CCCO3)cc2C1=O. The molecule has 3 rings (SSSR count). The van der Waals surface area contributed by atoms with Gasteiger partial charge in [0.15, 0.2) is 0 Å². The molecule has 3 amide bonds. The Labute approximate surface area is 115 Å². The van der Waals surface area contributed by atoms with Gasteiger partial charge >= 0.3 is 0 Å². The first-order chi connectivity index (χ1) is 9.58. The Bertz CT molecular complexity index is 605. The molecule has 20 heavy (non-hydrogen) atoms. The van der Waals surface area contributed by atoms with Crippen molar-refractivity contribution in [1.82, 2.24) is 4.90 Å². The van der Waals surface area contributed by atoms with Crippen LogP contribution < -0.4 is 5.32 Å². The predicted molar refractivity (Wildman–Crippen MR) is 70.5 cm³/mol. The number of carbonyl (C=O) groups is 3. The monoisotopic (exact) mass is 274 g/mol. The minimum absolute atomic E-state index is 0.215. The summed E-state index contributed by atoms with van der Waals surface area (Å²) in [6, 6.07) is 4.71. The lowest BCUT2D eigenvalue weighted by Crippen LogP contribution is -2.27. The van der Waals surface area contributed by atoms with Crippen LogP contribution in [-0.2, 0) is 9.53 Å². The van der Waals surface area contributed by atoms with E-state index < -0.39 is 6.10 Å². The van der Waals surface area contributed by atoms with E-state index in [1.807, 2.05) is 0 Å². The number of fused-ring (bicyclic) bond motifs is 1. The Balaban J connectivity index is 1.81. The van der Waals surface area contributed by atoms with Gasteiger partial charge in [-0.25, -0.2) is 0 Å². The maximum Gasteiger partial charge on any atom is 0.261 e. The van der Waals surface area contributed by atoms with Crippen molar-refractivity contribution in [2.45, 2.75) is 18.9 Å². The number of benzene rings is 1. The first kappa shape index (κ1) is 12.8. The molecule has 1 fully saturated rings. The summed E-state index contributed by atoms with van der Waals surface area (Å²) < 4.78 is 5.29. The second kappa shape index (κ2) is 4.72. The van der Waals surface area contributed by atoms with E-state index in [-0.39, 0.29) is 17.7 Å². The Hall–Kier alpha value is -2.21. The molecule has 6 heteroatoms. The quantitative estimate of drug-likeness (QED) is 0.817. The zero-order valence-corrected chi connectivity index (χ0v) is 11.0. The fraction of sp³-hybridized carbons (Fsp3) is 0.357. The summed E-state index contributed by atoms with van der Waals surface area (Å²) in [7, 11) is 1.44. The third-order valence-corrected chi connectivity index (χ3v) is 3.58. The standard InChI is InChI=1S/C14H14N2O4/c1-16-13(18)9-5-4-8(7-10(9)14(16)19)15-12(17)11-3-2-6-20-11/h4-5,7,11H,2-3,6H2,1H3,(H,15,17)/t11-/m1/s1. The third-order valence-electron chi connectivity index (χ3n) is 3.58. The first-order valence-electron chi connectivity index (χ1n) is 6.47. The summed E-state index contributed by atoms with van der Waals surface area (Å²) >= 11 is 0. The number of ether oxygens (including phenoxy) is 1. The van der Waals surface area contributed by atoms with Gasteiger partial charge in [-0.3, -0.25) is 19.3 Å². The lowest BCUT2D eigenvalue weighted by molar-refractivity contribution is -0.124. The molecule has 0 spiro atoms. The maximum absolute atomic E-state index is 11.9. The average Bonchev–Trinajstić information content (AvgIpc) is 3.04. The van der Waals surface area contributed by atoms with Crippen molar-refractivity contribution in [3.05, 3.63) is 29.3 Å². The molecule has 2 aliphatic heterocycles. The lowest BCUT2D eigenvalue weighted by atomic mass is 10.1. The van der Waals surface area contributed by atoms with E-state index >= 15 is 0 Å². The number of anilines is 1. The average molecular weight is 274 g/mol. The molecule has 104 valence electrons. The molecular formula is C14H14N2O4. The van der Waals surface area contributed by atoms with Gasteiger partial charge in [0, 0.05) is 19.3 Å². The number of imide groups is 1. The highest BCUT2D eigenvalue weighted by molar-refractivity contribution is 6.21. The second-order valence-electron chi connectivity index (χ2n) is 4.92. The number of carbonyl (C=O) groups excluding carboxylic acids is 3. The topological polar surface area (TPSA) is 75.7 Å². The molecule has 1 aromatic rings. The van der Waals surface area contributed by atoms with E-state index in [0.717, 1.165) is 11.3 Å². The van der Waals surface area contributed by atoms with Crippen LogP contribution in [0.3, 0.4) is 0 Å². The normalized spacial score (nSPS) is 21.2. The number of hydrogen-bond acceptors (Lipinski definition) is 4. The molecule has 2 aliphatic rings. The van der Waals surface area contributed by atoms with Crippen LogP contribution in [0.5, 0.6) is 0 Å². The molecule has 1 N–H and O–H groups in total. The van der Waals surface area contributed by atoms with Crippen molar-refractivity contribution in [3.63, 3.8) is 0 Å². The minimum Gasteiger partial charge on any atom is -0.368 e. The summed E-state index contributed by atoms with van der Waals surface area (Å²) in [5.74, 6) is -0.882. The van der Waals surface area contributed by atoms with E-state index in [0.29, 0.717) is 29.8 Å². The summed E-state index contributed by atoms with van der Waals surface area (Å²) in [5.41, 5.74) is 1.19. The van der Waals surface area contributed by atoms with Gasteiger partial charge < -0.3 is 10.1 Å². The fourth-order valence-corrected chi connectivity index (χ4v) is 2.45. The highest BCUT2D eigenvalue weighted by Gasteiger charge is 2.33. The smallest absolute Gasteiger partial charge is 0.261 e. The van der Waals surface area contributed by atoms with Crippen LogP contribution in [0, 0.1) is 0 Å². The number of nitrogens with one attached hydrogen (secondary N) is 1. The van der Waals surface area contributed by atoms with Crippen molar-refractivity contribution >= 4 is 23.4 Å². The van der Waals surface area contributed by atoms with Gasteiger partial charge in [0.05, 0.1) is 11.1 Å². The Morgan fingerprint density at radius 2 is 2.05 bits per heavy atom. The molecule has 2 heterocycles. The number of nitrogens with zero attached hydrogens (tertiary/aromatic N) is 1. The summed E-state index contributed by atoms with van der Waals surface area (Å²) in [5, 5.41) is 2.72. The highest BCUT2D eigenvalue weighted by atomic mass is 16.5. The Morgan fingerprint density at radius 1 is 1.30 bits per heavy atom. The Kier molecular flexibility index (Phi) is 3.02. The fourth-order valence-electron chi connectivity index (χ4n) is 2.45. The van der Waals surface area contributed by atoms with Crippen molar-refractivity contribution in [2.75, 3.05) is 19.0 Å². The maximum atomic E-state index is 11.9. The zero-order valence-electron chi connectivity index (χ0n) is 11.0. The van der Waals surface area contributed by atoms with Gasteiger partial charge in [-0.2, -0.15) is 0 Å². The molecule has 0 bridgehead atoms. The van der Waals surface area contributed by atoms with Crippen LogP contribution >= 0.6 is 0 Å². The lowest BCUT2D eigenvalue weighted by Gasteiger charge is -2.10. The van der Waals surface area contributed by atoms with Gasteiger partial charge in [0.25, 0.3) is 17.7 Å². The van der Waals surface area contributed by atoms with Gasteiger partial charge in [-0.1, -0.05) is 0 Å². The molecule has 0 saturated carbocycles. The molecule has 1 saturated heterocycles. The van der Waals surface area contributed by atoms with Gasteiger partial charge in [-0.15, -0.1) is 0 Å². The molecule has 1 atom stereocenters. The summed E-state index contributed by atoms with van der Waals surface area (Å²) in [6.45, 7) is 0.597. The molecule has 0 aromatic heterocycles. The number of amides is 3. The van der Waals surface area contributed by atoms with Crippen molar-refractivity contribution < 1.29 is 19.1 Å². The molecule has 1 aromatic carbocycles. The van der Waals surface area contributed by atoms with Gasteiger partial charge in [0.1, 0.15) is 6.10 Å². The van der Waals surface area contributed by atoms with Crippen molar-refractivity contribution in [2.24, 2.45) is 0 Å². The van der Waals surface area contributed by atoms with Crippen molar-refractivity contribution in [1.29, 1.82) is 0 Å². The van der Waals surface area contributed by atoms with Gasteiger partial charge in [-0.05, 0) is 31.0 Å². The minimum atomic E-state index is -0.428. The van der Waals surface area contributed by atoms with Crippen LogP contribution in [0.15, 0.2) is 18.2 Å². The van der Waals surface area contributed by atoms with Crippen molar-refractivity contribution in [3.8, 4) is 0 Å². The summed E-state index contributed by atoms with van der Waals surface area (Å²) in [4.78, 5) is 36.6. The predicted octanol–water partition coefficient (Wildman–Crippen LogP) is 1.03. The van der Waals surface area contributed by atoms with E-state index in [4.69, 9.17) is 4.74 Å². The van der Waals surface area contributed by atoms with Crippen LogP contribution in [-0.4, -0.2) is 42.4 Å². The van der Waals surface area contributed by atoms with Crippen LogP contribution in [0.2, 0.25) is 0 Å². The van der Waals surface area contributed by atoms with E-state index in [9.17, 15) is 14.4 Å². The molecule has 0 radical (unpaired) electrons. The van der Waals surface area contributed by atoms with Gasteiger partial charge in [0.2, 0.25) is 0 Å². The first-order valence-corrected chi connectivity index (χ1v) is 6.47. The van der Waals surface area contributed by atoms with Crippen LogP contribution in [0.4, 0.5) is 5.69 Å². The third kappa shape index (κ3) is 1.98. The van der Waals surface area contributed by atoms with Crippen LogP contribution in [0.25, 0.3) is 0 Å². The van der Waals surface area contributed by atoms with E-state index in [2.05, 4.69) is 5.32 Å². The van der Waals surface area contributed by atoms with Crippen LogP contribution in [0.1, 0.15) is 33.6 Å². The highest BCUT2D eigenvalue weighted by Crippen LogP contribution is 2.25. The number of hydrogen-bond donors (Lipinski definition) is 1. The molecular weight excluding hydrogens is 260 g/mol. The molecule has 0 aliphatic carbocycles. The number of rotatable bonds is 2. The molecule has 6 nitrogen and oxygen atoms in total. The van der Waals surface area contributed by atoms with E-state index in [1.165, 1.54) is 13.1 Å². The Morgan fingerprint density at radius 3 is 2.75 bits per heavy atom. The zero-order chi connectivity index (χ0) is 14.3. The second-order valence-corrected chi connectivity index (χ2v) is 4.92. The molecule has 0 unspecified atom stereocenters. The largest absolute Gasteiger partial charge is 0.368 e. The summed E-state index contributed by atoms with van der Waals surface area (Å²) in [6.07, 6.45) is 1.15. The van der Waals surface area contributed by atoms with E-state index in [1.54, 1.807) is 12.1 Å².